The predicted molar refractivity (Wildman–Crippen MR) is 75.7 cm³/mol. The van der Waals surface area contributed by atoms with E-state index < -0.39 is 17.8 Å². The van der Waals surface area contributed by atoms with Crippen LogP contribution in [-0.2, 0) is 9.59 Å². The Morgan fingerprint density at radius 1 is 1.35 bits per heavy atom. The van der Waals surface area contributed by atoms with Crippen LogP contribution in [0, 0.1) is 5.92 Å². The molecule has 1 unspecified atom stereocenters. The molecule has 0 aromatic carbocycles. The van der Waals surface area contributed by atoms with Crippen LogP contribution in [0.15, 0.2) is 17.5 Å². The Labute approximate surface area is 121 Å². The molecule has 0 aliphatic heterocycles. The summed E-state index contributed by atoms with van der Waals surface area (Å²) in [6, 6.07) is 3.42. The van der Waals surface area contributed by atoms with Crippen molar-refractivity contribution >= 4 is 29.1 Å². The monoisotopic (exact) mass is 298 g/mol. The molecular formula is C13H18N2O4S. The van der Waals surface area contributed by atoms with Crippen LogP contribution in [0.1, 0.15) is 29.4 Å². The number of amides is 2. The van der Waals surface area contributed by atoms with Gasteiger partial charge in [0.2, 0.25) is 5.91 Å². The van der Waals surface area contributed by atoms with Crippen LogP contribution in [0.2, 0.25) is 0 Å². The predicted octanol–water partition coefficient (Wildman–Crippen LogP) is 1.09. The first kappa shape index (κ1) is 16.2. The van der Waals surface area contributed by atoms with Crippen molar-refractivity contribution in [3.05, 3.63) is 22.4 Å². The molecule has 6 nitrogen and oxygen atoms in total. The van der Waals surface area contributed by atoms with Gasteiger partial charge in [0.15, 0.2) is 0 Å². The number of hydrogen-bond acceptors (Lipinski definition) is 4. The molecule has 1 heterocycles. The van der Waals surface area contributed by atoms with Crippen molar-refractivity contribution in [2.45, 2.75) is 19.8 Å². The van der Waals surface area contributed by atoms with Gasteiger partial charge in [0.1, 0.15) is 0 Å². The van der Waals surface area contributed by atoms with Gasteiger partial charge in [0.25, 0.3) is 5.91 Å². The first-order valence-electron chi connectivity index (χ1n) is 6.35. The van der Waals surface area contributed by atoms with Crippen LogP contribution < -0.4 is 10.6 Å². The van der Waals surface area contributed by atoms with Crippen molar-refractivity contribution in [2.75, 3.05) is 13.1 Å². The SMILES string of the molecule is CCCC(CNC(=O)CNC(=O)c1cccs1)C(=O)O. The number of hydrogen-bond donors (Lipinski definition) is 3. The topological polar surface area (TPSA) is 95.5 Å². The van der Waals surface area contributed by atoms with Crippen LogP contribution in [0.5, 0.6) is 0 Å². The molecule has 0 aliphatic rings. The van der Waals surface area contributed by atoms with Gasteiger partial charge in [-0.25, -0.2) is 0 Å². The Morgan fingerprint density at radius 3 is 2.65 bits per heavy atom. The van der Waals surface area contributed by atoms with Crippen LogP contribution in [-0.4, -0.2) is 36.0 Å². The molecule has 7 heteroatoms. The van der Waals surface area contributed by atoms with Gasteiger partial charge in [0, 0.05) is 6.54 Å². The highest BCUT2D eigenvalue weighted by Crippen LogP contribution is 2.07. The summed E-state index contributed by atoms with van der Waals surface area (Å²) >= 11 is 1.29. The molecule has 0 spiro atoms. The fourth-order valence-corrected chi connectivity index (χ4v) is 2.26. The lowest BCUT2D eigenvalue weighted by atomic mass is 10.0. The average Bonchev–Trinajstić information content (AvgIpc) is 2.94. The van der Waals surface area contributed by atoms with E-state index in [4.69, 9.17) is 5.11 Å². The molecular weight excluding hydrogens is 280 g/mol. The first-order valence-corrected chi connectivity index (χ1v) is 7.23. The van der Waals surface area contributed by atoms with Gasteiger partial charge >= 0.3 is 5.97 Å². The fraction of sp³-hybridized carbons (Fsp3) is 0.462. The zero-order valence-corrected chi connectivity index (χ0v) is 12.0. The second kappa shape index (κ2) is 8.31. The number of carbonyl (C=O) groups excluding carboxylic acids is 2. The maximum atomic E-state index is 11.6. The summed E-state index contributed by atoms with van der Waals surface area (Å²) < 4.78 is 0. The Balaban J connectivity index is 2.29. The number of aliphatic carboxylic acids is 1. The van der Waals surface area contributed by atoms with E-state index in [0.717, 1.165) is 6.42 Å². The van der Waals surface area contributed by atoms with E-state index in [1.165, 1.54) is 11.3 Å². The second-order valence-corrected chi connectivity index (χ2v) is 5.24. The quantitative estimate of drug-likeness (QED) is 0.669. The van der Waals surface area contributed by atoms with E-state index in [-0.39, 0.29) is 19.0 Å². The number of thiophene rings is 1. The molecule has 0 bridgehead atoms. The van der Waals surface area contributed by atoms with Crippen molar-refractivity contribution in [2.24, 2.45) is 5.92 Å². The number of nitrogens with one attached hydrogen (secondary N) is 2. The highest BCUT2D eigenvalue weighted by Gasteiger charge is 2.17. The van der Waals surface area contributed by atoms with Crippen molar-refractivity contribution < 1.29 is 19.5 Å². The van der Waals surface area contributed by atoms with Crippen molar-refractivity contribution in [1.29, 1.82) is 0 Å². The zero-order chi connectivity index (χ0) is 15.0. The molecule has 1 aromatic heterocycles. The molecule has 2 amide bonds. The van der Waals surface area contributed by atoms with Gasteiger partial charge in [-0.1, -0.05) is 19.4 Å². The van der Waals surface area contributed by atoms with E-state index in [1.807, 2.05) is 6.92 Å². The van der Waals surface area contributed by atoms with Crippen LogP contribution in [0.4, 0.5) is 0 Å². The first-order chi connectivity index (χ1) is 9.54. The maximum absolute atomic E-state index is 11.6. The number of carboxylic acids is 1. The van der Waals surface area contributed by atoms with Crippen LogP contribution in [0.3, 0.4) is 0 Å². The summed E-state index contributed by atoms with van der Waals surface area (Å²) in [7, 11) is 0. The van der Waals surface area contributed by atoms with E-state index in [2.05, 4.69) is 10.6 Å². The van der Waals surface area contributed by atoms with Gasteiger partial charge in [-0.05, 0) is 17.9 Å². The lowest BCUT2D eigenvalue weighted by molar-refractivity contribution is -0.141. The van der Waals surface area contributed by atoms with Gasteiger partial charge in [-0.2, -0.15) is 0 Å². The summed E-state index contributed by atoms with van der Waals surface area (Å²) in [6.07, 6.45) is 1.25. The molecule has 0 saturated heterocycles. The molecule has 1 rings (SSSR count). The summed E-state index contributed by atoms with van der Waals surface area (Å²) in [6.45, 7) is 1.81. The molecule has 1 atom stereocenters. The molecule has 110 valence electrons. The molecule has 20 heavy (non-hydrogen) atoms. The third-order valence-corrected chi connectivity index (χ3v) is 3.56. The molecule has 1 aromatic rings. The Kier molecular flexibility index (Phi) is 6.72. The highest BCUT2D eigenvalue weighted by atomic mass is 32.1. The molecule has 0 saturated carbocycles. The third-order valence-electron chi connectivity index (χ3n) is 2.69. The van der Waals surface area contributed by atoms with E-state index in [0.29, 0.717) is 11.3 Å². The molecule has 3 N–H and O–H groups in total. The molecule has 0 aliphatic carbocycles. The van der Waals surface area contributed by atoms with Crippen LogP contribution in [0.25, 0.3) is 0 Å². The van der Waals surface area contributed by atoms with Crippen LogP contribution >= 0.6 is 11.3 Å². The smallest absolute Gasteiger partial charge is 0.308 e. The summed E-state index contributed by atoms with van der Waals surface area (Å²) in [5.41, 5.74) is 0. The Hall–Kier alpha value is -1.89. The minimum Gasteiger partial charge on any atom is -0.481 e. The van der Waals surface area contributed by atoms with Crippen molar-refractivity contribution in [3.63, 3.8) is 0 Å². The lowest BCUT2D eigenvalue weighted by Crippen LogP contribution is -2.40. The average molecular weight is 298 g/mol. The molecule has 0 radical (unpaired) electrons. The standard InChI is InChI=1S/C13H18N2O4S/c1-2-4-9(13(18)19)7-14-11(16)8-15-12(17)10-5-3-6-20-10/h3,5-6,9H,2,4,7-8H2,1H3,(H,14,16)(H,15,17)(H,18,19). The largest absolute Gasteiger partial charge is 0.481 e. The van der Waals surface area contributed by atoms with Crippen molar-refractivity contribution in [3.8, 4) is 0 Å². The third kappa shape index (κ3) is 5.40. The summed E-state index contributed by atoms with van der Waals surface area (Å²) in [4.78, 5) is 34.6. The van der Waals surface area contributed by atoms with Gasteiger partial charge < -0.3 is 15.7 Å². The normalized spacial score (nSPS) is 11.7. The van der Waals surface area contributed by atoms with Gasteiger partial charge in [-0.15, -0.1) is 11.3 Å². The zero-order valence-electron chi connectivity index (χ0n) is 11.2. The van der Waals surface area contributed by atoms with E-state index in [1.54, 1.807) is 17.5 Å². The Bertz CT molecular complexity index is 459. The van der Waals surface area contributed by atoms with Gasteiger partial charge in [0.05, 0.1) is 17.3 Å². The van der Waals surface area contributed by atoms with E-state index in [9.17, 15) is 14.4 Å². The number of carbonyl (C=O) groups is 3. The second-order valence-electron chi connectivity index (χ2n) is 4.29. The summed E-state index contributed by atoms with van der Waals surface area (Å²) in [5.74, 6) is -2.21. The number of carboxylic acid groups (broad SMARTS) is 1. The Morgan fingerprint density at radius 2 is 2.10 bits per heavy atom. The number of rotatable bonds is 8. The van der Waals surface area contributed by atoms with E-state index >= 15 is 0 Å². The van der Waals surface area contributed by atoms with Gasteiger partial charge in [-0.3, -0.25) is 14.4 Å². The fourth-order valence-electron chi connectivity index (χ4n) is 1.62. The van der Waals surface area contributed by atoms with Crippen molar-refractivity contribution in [1.82, 2.24) is 10.6 Å². The lowest BCUT2D eigenvalue weighted by Gasteiger charge is -2.12. The minimum atomic E-state index is -0.922. The maximum Gasteiger partial charge on any atom is 0.308 e. The summed E-state index contributed by atoms with van der Waals surface area (Å²) in [5, 5.41) is 15.7. The minimum absolute atomic E-state index is 0.0802. The molecule has 0 fully saturated rings. The highest BCUT2D eigenvalue weighted by molar-refractivity contribution is 7.12.